The van der Waals surface area contributed by atoms with Crippen LogP contribution < -0.4 is 5.32 Å². The van der Waals surface area contributed by atoms with Gasteiger partial charge in [-0.2, -0.15) is 0 Å². The zero-order valence-electron chi connectivity index (χ0n) is 15.2. The van der Waals surface area contributed by atoms with Gasteiger partial charge >= 0.3 is 0 Å². The number of anilines is 1. The van der Waals surface area contributed by atoms with Gasteiger partial charge in [0.1, 0.15) is 11.1 Å². The number of benzene rings is 2. The van der Waals surface area contributed by atoms with E-state index in [2.05, 4.69) is 10.3 Å². The zero-order chi connectivity index (χ0) is 18.5. The number of furan rings is 1. The Labute approximate surface area is 151 Å². The van der Waals surface area contributed by atoms with Crippen LogP contribution in [0.15, 0.2) is 51.3 Å². The molecule has 0 aliphatic heterocycles. The Morgan fingerprint density at radius 1 is 1.04 bits per heavy atom. The highest BCUT2D eigenvalue weighted by molar-refractivity contribution is 6.06. The molecule has 5 nitrogen and oxygen atoms in total. The zero-order valence-corrected chi connectivity index (χ0v) is 15.2. The summed E-state index contributed by atoms with van der Waals surface area (Å²) >= 11 is 0. The summed E-state index contributed by atoms with van der Waals surface area (Å²) in [6, 6.07) is 13.0. The fourth-order valence-corrected chi connectivity index (χ4v) is 2.90. The average Bonchev–Trinajstić information content (AvgIpc) is 3.16. The molecule has 0 saturated heterocycles. The second-order valence-electron chi connectivity index (χ2n) is 7.46. The van der Waals surface area contributed by atoms with Gasteiger partial charge in [-0.1, -0.05) is 39.0 Å². The average molecular weight is 348 g/mol. The van der Waals surface area contributed by atoms with Crippen molar-refractivity contribution in [2.75, 3.05) is 5.32 Å². The van der Waals surface area contributed by atoms with Crippen molar-refractivity contribution in [3.63, 3.8) is 0 Å². The number of amides is 1. The highest BCUT2D eigenvalue weighted by Crippen LogP contribution is 2.29. The molecule has 0 spiro atoms. The van der Waals surface area contributed by atoms with Crippen molar-refractivity contribution in [1.82, 2.24) is 4.98 Å². The van der Waals surface area contributed by atoms with Gasteiger partial charge in [-0.05, 0) is 31.2 Å². The van der Waals surface area contributed by atoms with Gasteiger partial charge in [0, 0.05) is 22.1 Å². The molecule has 2 aromatic heterocycles. The number of carbonyl (C=O) groups is 1. The molecule has 0 aliphatic carbocycles. The van der Waals surface area contributed by atoms with Crippen LogP contribution >= 0.6 is 0 Å². The fourth-order valence-electron chi connectivity index (χ4n) is 2.90. The van der Waals surface area contributed by atoms with E-state index in [0.29, 0.717) is 34.0 Å². The summed E-state index contributed by atoms with van der Waals surface area (Å²) in [5.74, 6) is 0.712. The van der Waals surface area contributed by atoms with Crippen molar-refractivity contribution in [2.45, 2.75) is 33.1 Å². The fraction of sp³-hybridized carbons (Fsp3) is 0.238. The molecule has 0 bridgehead atoms. The number of hydrogen-bond acceptors (Lipinski definition) is 4. The molecule has 0 aliphatic rings. The Balaban J connectivity index is 1.65. The molecule has 26 heavy (non-hydrogen) atoms. The van der Waals surface area contributed by atoms with Crippen molar-refractivity contribution >= 4 is 33.7 Å². The third-order valence-electron chi connectivity index (χ3n) is 4.34. The molecule has 1 N–H and O–H groups in total. The van der Waals surface area contributed by atoms with E-state index < -0.39 is 0 Å². The number of para-hydroxylation sites is 1. The highest BCUT2D eigenvalue weighted by Gasteiger charge is 2.22. The van der Waals surface area contributed by atoms with Crippen LogP contribution in [0.2, 0.25) is 0 Å². The first-order chi connectivity index (χ1) is 12.3. The summed E-state index contributed by atoms with van der Waals surface area (Å²) in [5.41, 5.74) is 3.43. The number of fused-ring (bicyclic) bond motifs is 2. The van der Waals surface area contributed by atoms with E-state index in [4.69, 9.17) is 8.83 Å². The summed E-state index contributed by atoms with van der Waals surface area (Å²) in [5, 5.41) is 3.83. The van der Waals surface area contributed by atoms with Gasteiger partial charge in [-0.25, -0.2) is 4.98 Å². The Hall–Kier alpha value is -3.08. The smallest absolute Gasteiger partial charge is 0.291 e. The van der Waals surface area contributed by atoms with E-state index in [9.17, 15) is 4.79 Å². The molecule has 0 radical (unpaired) electrons. The van der Waals surface area contributed by atoms with E-state index in [1.165, 1.54) is 0 Å². The van der Waals surface area contributed by atoms with E-state index in [0.717, 1.165) is 10.9 Å². The highest BCUT2D eigenvalue weighted by atomic mass is 16.4. The van der Waals surface area contributed by atoms with Crippen LogP contribution in [0.3, 0.4) is 0 Å². The molecule has 0 atom stereocenters. The lowest BCUT2D eigenvalue weighted by Crippen LogP contribution is -2.12. The third kappa shape index (κ3) is 2.75. The van der Waals surface area contributed by atoms with Gasteiger partial charge in [-0.15, -0.1) is 0 Å². The first-order valence-corrected chi connectivity index (χ1v) is 8.53. The SMILES string of the molecule is Cc1c(C(=O)Nc2ccc3oc(C(C)(C)C)nc3c2)oc2ccccc12. The standard InChI is InChI=1S/C21H20N2O3/c1-12-14-7-5-6-8-16(14)25-18(12)19(24)22-13-9-10-17-15(11-13)23-20(26-17)21(2,3)4/h5-11H,1-4H3,(H,22,24). The van der Waals surface area contributed by atoms with Gasteiger partial charge in [0.05, 0.1) is 0 Å². The number of oxazole rings is 1. The minimum Gasteiger partial charge on any atom is -0.451 e. The Bertz CT molecular complexity index is 1130. The minimum absolute atomic E-state index is 0.173. The van der Waals surface area contributed by atoms with Crippen molar-refractivity contribution in [3.8, 4) is 0 Å². The number of carbonyl (C=O) groups excluding carboxylic acids is 1. The van der Waals surface area contributed by atoms with Gasteiger partial charge in [0.2, 0.25) is 5.89 Å². The normalized spacial score (nSPS) is 12.0. The summed E-state index contributed by atoms with van der Waals surface area (Å²) in [7, 11) is 0. The van der Waals surface area contributed by atoms with Gasteiger partial charge < -0.3 is 14.2 Å². The number of aryl methyl sites for hydroxylation is 1. The van der Waals surface area contributed by atoms with Crippen LogP contribution in [-0.4, -0.2) is 10.9 Å². The van der Waals surface area contributed by atoms with Gasteiger partial charge in [0.15, 0.2) is 11.3 Å². The van der Waals surface area contributed by atoms with E-state index in [1.54, 1.807) is 6.07 Å². The number of rotatable bonds is 2. The summed E-state index contributed by atoms with van der Waals surface area (Å²) < 4.78 is 11.5. The predicted molar refractivity (Wildman–Crippen MR) is 102 cm³/mol. The molecule has 0 saturated carbocycles. The van der Waals surface area contributed by atoms with Crippen molar-refractivity contribution in [2.24, 2.45) is 0 Å². The molecule has 4 aromatic rings. The molecule has 4 rings (SSSR count). The van der Waals surface area contributed by atoms with Crippen LogP contribution in [0.5, 0.6) is 0 Å². The lowest BCUT2D eigenvalue weighted by atomic mass is 9.97. The molecule has 132 valence electrons. The second-order valence-corrected chi connectivity index (χ2v) is 7.46. The maximum atomic E-state index is 12.7. The molecule has 2 heterocycles. The van der Waals surface area contributed by atoms with Crippen LogP contribution in [0.1, 0.15) is 42.8 Å². The van der Waals surface area contributed by atoms with E-state index in [1.807, 2.05) is 64.1 Å². The lowest BCUT2D eigenvalue weighted by molar-refractivity contribution is 0.0998. The van der Waals surface area contributed by atoms with Crippen LogP contribution in [0.4, 0.5) is 5.69 Å². The summed E-state index contributed by atoms with van der Waals surface area (Å²) in [6.07, 6.45) is 0. The molecule has 5 heteroatoms. The van der Waals surface area contributed by atoms with Crippen molar-refractivity contribution in [3.05, 3.63) is 59.7 Å². The number of nitrogens with zero attached hydrogens (tertiary/aromatic N) is 1. The third-order valence-corrected chi connectivity index (χ3v) is 4.34. The molecule has 1 amide bonds. The topological polar surface area (TPSA) is 68.3 Å². The van der Waals surface area contributed by atoms with Crippen LogP contribution in [0.25, 0.3) is 22.1 Å². The number of nitrogens with one attached hydrogen (secondary N) is 1. The maximum Gasteiger partial charge on any atom is 0.291 e. The molecule has 0 unspecified atom stereocenters. The molecular weight excluding hydrogens is 328 g/mol. The summed E-state index contributed by atoms with van der Waals surface area (Å²) in [6.45, 7) is 8.03. The van der Waals surface area contributed by atoms with Crippen LogP contribution in [-0.2, 0) is 5.41 Å². The predicted octanol–water partition coefficient (Wildman–Crippen LogP) is 5.43. The van der Waals surface area contributed by atoms with Crippen molar-refractivity contribution in [1.29, 1.82) is 0 Å². The quantitative estimate of drug-likeness (QED) is 0.524. The summed E-state index contributed by atoms with van der Waals surface area (Å²) in [4.78, 5) is 17.2. The Morgan fingerprint density at radius 2 is 1.81 bits per heavy atom. The first kappa shape index (κ1) is 16.4. The second kappa shape index (κ2) is 5.73. The van der Waals surface area contributed by atoms with Crippen LogP contribution in [0, 0.1) is 6.92 Å². The molecule has 2 aromatic carbocycles. The number of aromatic nitrogens is 1. The Morgan fingerprint density at radius 3 is 2.54 bits per heavy atom. The minimum atomic E-state index is -0.280. The lowest BCUT2D eigenvalue weighted by Gasteiger charge is -2.11. The first-order valence-electron chi connectivity index (χ1n) is 8.53. The largest absolute Gasteiger partial charge is 0.451 e. The van der Waals surface area contributed by atoms with E-state index >= 15 is 0 Å². The molecular formula is C21H20N2O3. The Kier molecular flexibility index (Phi) is 3.61. The van der Waals surface area contributed by atoms with Crippen molar-refractivity contribution < 1.29 is 13.6 Å². The number of hydrogen-bond donors (Lipinski definition) is 1. The van der Waals surface area contributed by atoms with Gasteiger partial charge in [-0.3, -0.25) is 4.79 Å². The maximum absolute atomic E-state index is 12.7. The molecule has 0 fully saturated rings. The van der Waals surface area contributed by atoms with Gasteiger partial charge in [0.25, 0.3) is 5.91 Å². The van der Waals surface area contributed by atoms with E-state index in [-0.39, 0.29) is 11.3 Å². The monoisotopic (exact) mass is 348 g/mol.